The average molecular weight is 316 g/mol. The number of aliphatic hydroxyl groups is 1. The maximum absolute atomic E-state index is 12.5. The van der Waals surface area contributed by atoms with Crippen LogP contribution in [-0.2, 0) is 16.1 Å². The van der Waals surface area contributed by atoms with Gasteiger partial charge in [-0.05, 0) is 5.56 Å². The summed E-state index contributed by atoms with van der Waals surface area (Å²) in [6, 6.07) is 11.0. The number of morpholine rings is 1. The molecule has 6 nitrogen and oxygen atoms in total. The van der Waals surface area contributed by atoms with Gasteiger partial charge in [0.15, 0.2) is 0 Å². The van der Waals surface area contributed by atoms with Crippen molar-refractivity contribution < 1.29 is 19.4 Å². The van der Waals surface area contributed by atoms with Gasteiger partial charge in [0.2, 0.25) is 0 Å². The molecule has 0 aliphatic carbocycles. The van der Waals surface area contributed by atoms with Crippen LogP contribution in [0.3, 0.4) is 0 Å². The molecule has 1 aromatic carbocycles. The van der Waals surface area contributed by atoms with Crippen LogP contribution in [0.4, 0.5) is 4.79 Å². The molecule has 2 aliphatic rings. The summed E-state index contributed by atoms with van der Waals surface area (Å²) in [6.45, 7) is 0.953. The fraction of sp³-hybridized carbons (Fsp3) is 0.529. The Hall–Kier alpha value is -2.10. The van der Waals surface area contributed by atoms with Gasteiger partial charge in [0.1, 0.15) is 6.61 Å². The molecule has 0 aromatic heterocycles. The zero-order valence-electron chi connectivity index (χ0n) is 12.9. The van der Waals surface area contributed by atoms with Crippen molar-refractivity contribution in [3.63, 3.8) is 0 Å². The lowest BCUT2D eigenvalue weighted by Gasteiger charge is -2.50. The van der Waals surface area contributed by atoms with Crippen LogP contribution in [0.1, 0.15) is 24.8 Å². The van der Waals surface area contributed by atoms with Gasteiger partial charge in [-0.2, -0.15) is 5.26 Å². The highest BCUT2D eigenvalue weighted by Crippen LogP contribution is 2.36. The molecule has 1 N–H and O–H groups in total. The van der Waals surface area contributed by atoms with Crippen LogP contribution < -0.4 is 0 Å². The number of nitrogens with zero attached hydrogens (tertiary/aromatic N) is 2. The Bertz CT molecular complexity index is 584. The molecule has 6 heteroatoms. The number of fused-ring (bicyclic) bond motifs is 2. The molecule has 122 valence electrons. The second-order valence-electron chi connectivity index (χ2n) is 6.26. The summed E-state index contributed by atoms with van der Waals surface area (Å²) in [5, 5.41) is 19.4. The molecule has 0 spiro atoms. The zero-order valence-corrected chi connectivity index (χ0v) is 12.9. The van der Waals surface area contributed by atoms with Crippen LogP contribution in [0.15, 0.2) is 30.3 Å². The number of ether oxygens (including phenoxy) is 2. The van der Waals surface area contributed by atoms with Gasteiger partial charge < -0.3 is 14.6 Å². The lowest BCUT2D eigenvalue weighted by Crippen LogP contribution is -2.63. The lowest BCUT2D eigenvalue weighted by molar-refractivity contribution is -0.131. The summed E-state index contributed by atoms with van der Waals surface area (Å²) < 4.78 is 10.9. The molecular weight excluding hydrogens is 296 g/mol. The first-order chi connectivity index (χ1) is 11.1. The van der Waals surface area contributed by atoms with Crippen molar-refractivity contribution in [2.75, 3.05) is 13.2 Å². The van der Waals surface area contributed by atoms with Gasteiger partial charge in [-0.1, -0.05) is 30.3 Å². The van der Waals surface area contributed by atoms with Crippen LogP contribution in [0.2, 0.25) is 0 Å². The van der Waals surface area contributed by atoms with Crippen molar-refractivity contribution in [1.82, 2.24) is 4.90 Å². The van der Waals surface area contributed by atoms with Crippen molar-refractivity contribution in [2.24, 2.45) is 0 Å². The largest absolute Gasteiger partial charge is 0.445 e. The topological polar surface area (TPSA) is 82.8 Å². The molecule has 0 radical (unpaired) electrons. The number of benzene rings is 1. The van der Waals surface area contributed by atoms with Crippen molar-refractivity contribution in [2.45, 2.75) is 43.6 Å². The monoisotopic (exact) mass is 316 g/mol. The van der Waals surface area contributed by atoms with Crippen LogP contribution in [0.25, 0.3) is 0 Å². The number of carbonyl (C=O) groups is 1. The van der Waals surface area contributed by atoms with Crippen molar-refractivity contribution in [3.05, 3.63) is 35.9 Å². The van der Waals surface area contributed by atoms with E-state index < -0.39 is 5.60 Å². The van der Waals surface area contributed by atoms with Crippen LogP contribution in [0, 0.1) is 11.3 Å². The second kappa shape index (κ2) is 6.57. The molecule has 2 heterocycles. The summed E-state index contributed by atoms with van der Waals surface area (Å²) in [7, 11) is 0. The predicted octanol–water partition coefficient (Wildman–Crippen LogP) is 1.83. The highest BCUT2D eigenvalue weighted by Gasteiger charge is 2.48. The number of hydrogen-bond acceptors (Lipinski definition) is 5. The van der Waals surface area contributed by atoms with E-state index >= 15 is 0 Å². The van der Waals surface area contributed by atoms with E-state index in [2.05, 4.69) is 0 Å². The van der Waals surface area contributed by atoms with E-state index in [9.17, 15) is 9.90 Å². The van der Waals surface area contributed by atoms with Gasteiger partial charge in [0.25, 0.3) is 0 Å². The van der Waals surface area contributed by atoms with Gasteiger partial charge >= 0.3 is 6.09 Å². The zero-order chi connectivity index (χ0) is 16.3. The first-order valence-electron chi connectivity index (χ1n) is 7.77. The maximum Gasteiger partial charge on any atom is 0.410 e. The first-order valence-corrected chi connectivity index (χ1v) is 7.77. The number of nitriles is 1. The van der Waals surface area contributed by atoms with Gasteiger partial charge in [-0.15, -0.1) is 0 Å². The fourth-order valence-corrected chi connectivity index (χ4v) is 3.46. The smallest absolute Gasteiger partial charge is 0.410 e. The van der Waals surface area contributed by atoms with E-state index in [0.29, 0.717) is 26.1 Å². The third-order valence-corrected chi connectivity index (χ3v) is 4.46. The van der Waals surface area contributed by atoms with E-state index in [0.717, 1.165) is 5.56 Å². The molecule has 2 bridgehead atoms. The molecule has 3 rings (SSSR count). The van der Waals surface area contributed by atoms with E-state index in [1.807, 2.05) is 36.4 Å². The summed E-state index contributed by atoms with van der Waals surface area (Å²) >= 11 is 0. The molecule has 1 amide bonds. The highest BCUT2D eigenvalue weighted by molar-refractivity contribution is 5.69. The normalized spacial score (nSPS) is 29.7. The molecule has 23 heavy (non-hydrogen) atoms. The Morgan fingerprint density at radius 3 is 2.61 bits per heavy atom. The van der Waals surface area contributed by atoms with E-state index in [1.54, 1.807) is 4.90 Å². The average Bonchev–Trinajstić information content (AvgIpc) is 2.53. The molecule has 2 aliphatic heterocycles. The molecule has 0 saturated carbocycles. The Balaban J connectivity index is 1.65. The molecule has 2 fully saturated rings. The summed E-state index contributed by atoms with van der Waals surface area (Å²) in [6.07, 6.45) is 0.383. The number of piperidine rings is 1. The van der Waals surface area contributed by atoms with Gasteiger partial charge in [-0.25, -0.2) is 4.79 Å². The minimum Gasteiger partial charge on any atom is -0.445 e. The Labute approximate surface area is 135 Å². The second-order valence-corrected chi connectivity index (χ2v) is 6.26. The number of hydrogen-bond donors (Lipinski definition) is 1. The molecule has 1 aromatic rings. The molecule has 2 saturated heterocycles. The lowest BCUT2D eigenvalue weighted by atomic mass is 9.80. The predicted molar refractivity (Wildman–Crippen MR) is 81.3 cm³/mol. The molecule has 2 unspecified atom stereocenters. The fourth-order valence-electron chi connectivity index (χ4n) is 3.46. The minimum atomic E-state index is -1.04. The van der Waals surface area contributed by atoms with E-state index in [1.165, 1.54) is 0 Å². The molecular formula is C17H20N2O4. The first kappa shape index (κ1) is 15.8. The van der Waals surface area contributed by atoms with Gasteiger partial charge in [-0.3, -0.25) is 4.90 Å². The Morgan fingerprint density at radius 1 is 1.35 bits per heavy atom. The van der Waals surface area contributed by atoms with E-state index in [-0.39, 0.29) is 31.2 Å². The Kier molecular flexibility index (Phi) is 4.51. The highest BCUT2D eigenvalue weighted by atomic mass is 16.6. The summed E-state index contributed by atoms with van der Waals surface area (Å²) in [5.41, 5.74) is -0.107. The Morgan fingerprint density at radius 2 is 2.00 bits per heavy atom. The van der Waals surface area contributed by atoms with Crippen LogP contribution in [0.5, 0.6) is 0 Å². The maximum atomic E-state index is 12.5. The van der Waals surface area contributed by atoms with Crippen molar-refractivity contribution in [3.8, 4) is 6.07 Å². The van der Waals surface area contributed by atoms with Gasteiger partial charge in [0.05, 0.1) is 43.4 Å². The van der Waals surface area contributed by atoms with Crippen molar-refractivity contribution in [1.29, 1.82) is 5.26 Å². The molecule has 2 atom stereocenters. The quantitative estimate of drug-likeness (QED) is 0.920. The van der Waals surface area contributed by atoms with Crippen molar-refractivity contribution >= 4 is 6.09 Å². The third-order valence-electron chi connectivity index (χ3n) is 4.46. The number of rotatable bonds is 3. The SMILES string of the molecule is N#CCC1(O)CC2COCC(C1)N2C(=O)OCc1ccccc1. The van der Waals surface area contributed by atoms with E-state index in [4.69, 9.17) is 14.7 Å². The number of amides is 1. The third kappa shape index (κ3) is 3.46. The summed E-state index contributed by atoms with van der Waals surface area (Å²) in [5.74, 6) is 0. The standard InChI is InChI=1S/C17H20N2O4/c18-7-6-17(21)8-14-11-22-12-15(9-17)19(14)16(20)23-10-13-4-2-1-3-5-13/h1-5,14-15,21H,6,8-12H2. The van der Waals surface area contributed by atoms with Crippen LogP contribution in [-0.4, -0.2) is 47.0 Å². The number of carbonyl (C=O) groups excluding carboxylic acids is 1. The van der Waals surface area contributed by atoms with Gasteiger partial charge in [0, 0.05) is 12.8 Å². The minimum absolute atomic E-state index is 0.0763. The van der Waals surface area contributed by atoms with Crippen LogP contribution >= 0.6 is 0 Å². The summed E-state index contributed by atoms with van der Waals surface area (Å²) in [4.78, 5) is 14.1.